The zero-order valence-electron chi connectivity index (χ0n) is 11.3. The van der Waals surface area contributed by atoms with E-state index in [9.17, 15) is 0 Å². The molecule has 0 atom stereocenters. The molecule has 1 saturated carbocycles. The summed E-state index contributed by atoms with van der Waals surface area (Å²) < 4.78 is 5.71. The molecular weight excluding hydrogens is 224 g/mol. The number of hydrogen-bond acceptors (Lipinski definition) is 3. The lowest BCUT2D eigenvalue weighted by Gasteiger charge is -2.16. The van der Waals surface area contributed by atoms with Crippen molar-refractivity contribution >= 4 is 0 Å². The van der Waals surface area contributed by atoms with Crippen LogP contribution in [0.15, 0.2) is 24.3 Å². The molecule has 1 aromatic carbocycles. The van der Waals surface area contributed by atoms with Crippen LogP contribution in [0.5, 0.6) is 5.75 Å². The maximum atomic E-state index is 5.71. The van der Waals surface area contributed by atoms with Crippen LogP contribution in [-0.2, 0) is 6.54 Å². The minimum Gasteiger partial charge on any atom is -0.494 e. The maximum absolute atomic E-state index is 5.71. The first-order valence-electron chi connectivity index (χ1n) is 6.88. The lowest BCUT2D eigenvalue weighted by Crippen LogP contribution is -2.23. The van der Waals surface area contributed by atoms with E-state index in [-0.39, 0.29) is 0 Å². The molecule has 0 bridgehead atoms. The van der Waals surface area contributed by atoms with Gasteiger partial charge in [0.1, 0.15) is 5.75 Å². The molecule has 2 N–H and O–H groups in total. The smallest absolute Gasteiger partial charge is 0.119 e. The van der Waals surface area contributed by atoms with Crippen LogP contribution in [-0.4, -0.2) is 31.6 Å². The summed E-state index contributed by atoms with van der Waals surface area (Å²) in [5, 5.41) is 0. The monoisotopic (exact) mass is 248 g/mol. The molecule has 0 radical (unpaired) electrons. The average molecular weight is 248 g/mol. The highest BCUT2D eigenvalue weighted by Crippen LogP contribution is 2.29. The van der Waals surface area contributed by atoms with Gasteiger partial charge in [0.2, 0.25) is 0 Å². The van der Waals surface area contributed by atoms with Crippen molar-refractivity contribution in [1.82, 2.24) is 4.90 Å². The predicted molar refractivity (Wildman–Crippen MR) is 74.7 cm³/mol. The summed E-state index contributed by atoms with van der Waals surface area (Å²) in [6.07, 6.45) is 3.94. The van der Waals surface area contributed by atoms with Gasteiger partial charge in [0.15, 0.2) is 0 Å². The second-order valence-corrected chi connectivity index (χ2v) is 5.26. The van der Waals surface area contributed by atoms with Crippen LogP contribution in [0.3, 0.4) is 0 Å². The summed E-state index contributed by atoms with van der Waals surface area (Å²) >= 11 is 0. The number of nitrogens with zero attached hydrogens (tertiary/aromatic N) is 1. The zero-order chi connectivity index (χ0) is 12.8. The van der Waals surface area contributed by atoms with Crippen LogP contribution < -0.4 is 10.5 Å². The van der Waals surface area contributed by atoms with E-state index in [1.54, 1.807) is 0 Å². The molecule has 0 spiro atoms. The summed E-state index contributed by atoms with van der Waals surface area (Å²) in [5.41, 5.74) is 6.70. The second-order valence-electron chi connectivity index (χ2n) is 5.26. The highest BCUT2D eigenvalue weighted by Gasteiger charge is 2.22. The van der Waals surface area contributed by atoms with Crippen molar-refractivity contribution in [3.05, 3.63) is 29.8 Å². The summed E-state index contributed by atoms with van der Waals surface area (Å²) in [5.74, 6) is 1.91. The van der Waals surface area contributed by atoms with Gasteiger partial charge < -0.3 is 15.4 Å². The van der Waals surface area contributed by atoms with Crippen molar-refractivity contribution in [2.24, 2.45) is 11.7 Å². The van der Waals surface area contributed by atoms with E-state index in [0.29, 0.717) is 6.54 Å². The average Bonchev–Trinajstić information content (AvgIpc) is 3.19. The van der Waals surface area contributed by atoms with E-state index >= 15 is 0 Å². The number of ether oxygens (including phenoxy) is 1. The Kier molecular flexibility index (Phi) is 5.02. The van der Waals surface area contributed by atoms with Gasteiger partial charge in [-0.05, 0) is 49.9 Å². The Morgan fingerprint density at radius 3 is 2.61 bits per heavy atom. The van der Waals surface area contributed by atoms with E-state index in [1.807, 2.05) is 24.3 Å². The van der Waals surface area contributed by atoms with Gasteiger partial charge in [0, 0.05) is 19.6 Å². The maximum Gasteiger partial charge on any atom is 0.119 e. The molecule has 1 aromatic rings. The lowest BCUT2D eigenvalue weighted by atomic mass is 10.2. The zero-order valence-corrected chi connectivity index (χ0v) is 11.3. The van der Waals surface area contributed by atoms with Gasteiger partial charge in [-0.1, -0.05) is 12.1 Å². The Morgan fingerprint density at radius 1 is 1.28 bits per heavy atom. The van der Waals surface area contributed by atoms with Crippen molar-refractivity contribution in [1.29, 1.82) is 0 Å². The SMILES string of the molecule is CN(CCCOc1ccc(CN)cc1)CC1CC1. The Morgan fingerprint density at radius 2 is 2.00 bits per heavy atom. The number of benzene rings is 1. The molecule has 1 aliphatic rings. The summed E-state index contributed by atoms with van der Waals surface area (Å²) in [6, 6.07) is 8.04. The van der Waals surface area contributed by atoms with Gasteiger partial charge in [0.05, 0.1) is 6.61 Å². The molecule has 0 saturated heterocycles. The van der Waals surface area contributed by atoms with Crippen LogP contribution in [0.2, 0.25) is 0 Å². The molecule has 1 fully saturated rings. The summed E-state index contributed by atoms with van der Waals surface area (Å²) in [7, 11) is 2.20. The fraction of sp³-hybridized carbons (Fsp3) is 0.600. The highest BCUT2D eigenvalue weighted by molar-refractivity contribution is 5.26. The first-order chi connectivity index (χ1) is 8.78. The topological polar surface area (TPSA) is 38.5 Å². The molecule has 3 nitrogen and oxygen atoms in total. The highest BCUT2D eigenvalue weighted by atomic mass is 16.5. The van der Waals surface area contributed by atoms with Crippen molar-refractivity contribution in [2.45, 2.75) is 25.8 Å². The summed E-state index contributed by atoms with van der Waals surface area (Å²) in [6.45, 7) is 3.76. The third-order valence-corrected chi connectivity index (χ3v) is 3.38. The van der Waals surface area contributed by atoms with E-state index in [0.717, 1.165) is 36.8 Å². The largest absolute Gasteiger partial charge is 0.494 e. The van der Waals surface area contributed by atoms with E-state index < -0.39 is 0 Å². The van der Waals surface area contributed by atoms with Crippen LogP contribution in [0.25, 0.3) is 0 Å². The van der Waals surface area contributed by atoms with Gasteiger partial charge in [-0.3, -0.25) is 0 Å². The Hall–Kier alpha value is -1.06. The molecule has 18 heavy (non-hydrogen) atoms. The van der Waals surface area contributed by atoms with Gasteiger partial charge >= 0.3 is 0 Å². The summed E-state index contributed by atoms with van der Waals surface area (Å²) in [4.78, 5) is 2.42. The van der Waals surface area contributed by atoms with Gasteiger partial charge in [-0.15, -0.1) is 0 Å². The quantitative estimate of drug-likeness (QED) is 0.717. The van der Waals surface area contributed by atoms with E-state index in [4.69, 9.17) is 10.5 Å². The molecule has 0 aromatic heterocycles. The minimum atomic E-state index is 0.590. The Labute approximate surface area is 110 Å². The van der Waals surface area contributed by atoms with E-state index in [1.165, 1.54) is 19.4 Å². The van der Waals surface area contributed by atoms with Gasteiger partial charge in [0.25, 0.3) is 0 Å². The first-order valence-corrected chi connectivity index (χ1v) is 6.88. The molecular formula is C15H24N2O. The molecule has 0 unspecified atom stereocenters. The molecule has 0 heterocycles. The van der Waals surface area contributed by atoms with Crippen LogP contribution >= 0.6 is 0 Å². The van der Waals surface area contributed by atoms with Crippen molar-refractivity contribution in [2.75, 3.05) is 26.7 Å². The standard InChI is InChI=1S/C15H24N2O/c1-17(12-14-3-4-14)9-2-10-18-15-7-5-13(11-16)6-8-15/h5-8,14H,2-4,9-12,16H2,1H3. The fourth-order valence-electron chi connectivity index (χ4n) is 2.08. The molecule has 3 heteroatoms. The minimum absolute atomic E-state index is 0.590. The molecule has 2 rings (SSSR count). The van der Waals surface area contributed by atoms with Crippen LogP contribution in [0.1, 0.15) is 24.8 Å². The van der Waals surface area contributed by atoms with Crippen LogP contribution in [0, 0.1) is 5.92 Å². The normalized spacial score (nSPS) is 15.1. The second kappa shape index (κ2) is 6.76. The predicted octanol–water partition coefficient (Wildman–Crippen LogP) is 2.26. The molecule has 0 aliphatic heterocycles. The van der Waals surface area contributed by atoms with E-state index in [2.05, 4.69) is 11.9 Å². The lowest BCUT2D eigenvalue weighted by molar-refractivity contribution is 0.257. The number of rotatable bonds is 8. The van der Waals surface area contributed by atoms with Crippen molar-refractivity contribution in [3.63, 3.8) is 0 Å². The number of nitrogens with two attached hydrogens (primary N) is 1. The third kappa shape index (κ3) is 4.67. The molecule has 0 amide bonds. The number of hydrogen-bond donors (Lipinski definition) is 1. The fourth-order valence-corrected chi connectivity index (χ4v) is 2.08. The van der Waals surface area contributed by atoms with Crippen molar-refractivity contribution in [3.8, 4) is 5.75 Å². The van der Waals surface area contributed by atoms with Gasteiger partial charge in [-0.2, -0.15) is 0 Å². The Bertz CT molecular complexity index is 346. The first kappa shape index (κ1) is 13.4. The molecule has 100 valence electrons. The Balaban J connectivity index is 1.58. The van der Waals surface area contributed by atoms with Crippen molar-refractivity contribution < 1.29 is 4.74 Å². The van der Waals surface area contributed by atoms with Gasteiger partial charge in [-0.25, -0.2) is 0 Å². The third-order valence-electron chi connectivity index (χ3n) is 3.38. The molecule has 1 aliphatic carbocycles. The van der Waals surface area contributed by atoms with Crippen LogP contribution in [0.4, 0.5) is 0 Å².